The van der Waals surface area contributed by atoms with Gasteiger partial charge in [0.1, 0.15) is 6.61 Å². The van der Waals surface area contributed by atoms with Gasteiger partial charge in [-0.1, -0.05) is 17.7 Å². The topological polar surface area (TPSA) is 74.7 Å². The molecule has 0 saturated heterocycles. The first-order chi connectivity index (χ1) is 12.1. The Balaban J connectivity index is 2.24. The highest BCUT2D eigenvalue weighted by atomic mass is 16.6. The average molecular weight is 362 g/mol. The molecule has 1 aromatic rings. The van der Waals surface area contributed by atoms with E-state index in [4.69, 9.17) is 9.47 Å². The number of hydrogen-bond donors (Lipinski definition) is 0. The lowest BCUT2D eigenvalue weighted by Gasteiger charge is -2.26. The number of hydrazone groups is 1. The first kappa shape index (κ1) is 19.6. The van der Waals surface area contributed by atoms with Crippen molar-refractivity contribution in [3.63, 3.8) is 0 Å². The molecule has 1 aromatic carbocycles. The molecule has 0 bridgehead atoms. The van der Waals surface area contributed by atoms with Crippen molar-refractivity contribution >= 4 is 23.8 Å². The van der Waals surface area contributed by atoms with E-state index in [0.29, 0.717) is 6.54 Å². The molecule has 0 aromatic heterocycles. The third kappa shape index (κ3) is 4.44. The maximum Gasteiger partial charge on any atom is 0.415 e. The highest BCUT2D eigenvalue weighted by molar-refractivity contribution is 5.94. The van der Waals surface area contributed by atoms with Gasteiger partial charge in [-0.3, -0.25) is 5.01 Å². The van der Waals surface area contributed by atoms with Crippen molar-refractivity contribution in [1.29, 1.82) is 0 Å². The average Bonchev–Trinajstić information content (AvgIpc) is 2.90. The molecule has 8 heteroatoms. The number of amides is 2. The SMILES string of the molecule is Cc1ccc(N2CC(C)(COC(=O)N(C)C)C(OC(=O)N(C)C)=N2)cc1. The minimum absolute atomic E-state index is 0.0475. The van der Waals surface area contributed by atoms with Gasteiger partial charge in [0.25, 0.3) is 0 Å². The summed E-state index contributed by atoms with van der Waals surface area (Å²) < 4.78 is 10.8. The molecular weight excluding hydrogens is 336 g/mol. The van der Waals surface area contributed by atoms with Gasteiger partial charge in [-0.15, -0.1) is 5.10 Å². The van der Waals surface area contributed by atoms with Gasteiger partial charge in [0.05, 0.1) is 17.6 Å². The number of nitrogens with zero attached hydrogens (tertiary/aromatic N) is 4. The lowest BCUT2D eigenvalue weighted by Crippen LogP contribution is -2.40. The Morgan fingerprint density at radius 1 is 1.12 bits per heavy atom. The van der Waals surface area contributed by atoms with Crippen molar-refractivity contribution in [3.8, 4) is 0 Å². The molecule has 0 fully saturated rings. The fourth-order valence-corrected chi connectivity index (χ4v) is 2.30. The molecule has 1 aliphatic rings. The summed E-state index contributed by atoms with van der Waals surface area (Å²) in [5.41, 5.74) is 1.26. The molecule has 0 spiro atoms. The van der Waals surface area contributed by atoms with Gasteiger partial charge in [-0.2, -0.15) is 0 Å². The van der Waals surface area contributed by atoms with Crippen molar-refractivity contribution in [2.24, 2.45) is 10.5 Å². The molecule has 1 unspecified atom stereocenters. The summed E-state index contributed by atoms with van der Waals surface area (Å²) in [4.78, 5) is 26.5. The molecule has 0 N–H and O–H groups in total. The number of benzene rings is 1. The normalized spacial score (nSPS) is 19.0. The fourth-order valence-electron chi connectivity index (χ4n) is 2.30. The molecule has 2 amide bonds. The highest BCUT2D eigenvalue weighted by Gasteiger charge is 2.43. The van der Waals surface area contributed by atoms with E-state index in [1.54, 1.807) is 33.2 Å². The lowest BCUT2D eigenvalue weighted by molar-refractivity contribution is 0.0895. The molecule has 0 saturated carbocycles. The van der Waals surface area contributed by atoms with Crippen molar-refractivity contribution in [3.05, 3.63) is 29.8 Å². The molecule has 0 radical (unpaired) electrons. The van der Waals surface area contributed by atoms with Crippen molar-refractivity contribution < 1.29 is 19.1 Å². The Morgan fingerprint density at radius 3 is 2.23 bits per heavy atom. The van der Waals surface area contributed by atoms with Crippen LogP contribution in [0.5, 0.6) is 0 Å². The van der Waals surface area contributed by atoms with E-state index in [2.05, 4.69) is 5.10 Å². The number of ether oxygens (including phenoxy) is 2. The number of hydrogen-bond acceptors (Lipinski definition) is 6. The second-order valence-electron chi connectivity index (χ2n) is 7.07. The minimum Gasteiger partial charge on any atom is -0.448 e. The van der Waals surface area contributed by atoms with Crippen LogP contribution in [-0.2, 0) is 9.47 Å². The van der Waals surface area contributed by atoms with Crippen LogP contribution in [0.1, 0.15) is 12.5 Å². The van der Waals surface area contributed by atoms with Crippen molar-refractivity contribution in [1.82, 2.24) is 9.80 Å². The van der Waals surface area contributed by atoms with E-state index in [-0.39, 0.29) is 12.5 Å². The maximum absolute atomic E-state index is 12.0. The summed E-state index contributed by atoms with van der Waals surface area (Å²) in [6.07, 6.45) is -0.988. The number of carbonyl (C=O) groups excluding carboxylic acids is 2. The molecule has 0 aliphatic carbocycles. The summed E-state index contributed by atoms with van der Waals surface area (Å²) in [5.74, 6) is 0.225. The predicted molar refractivity (Wildman–Crippen MR) is 99.3 cm³/mol. The first-order valence-electron chi connectivity index (χ1n) is 8.29. The van der Waals surface area contributed by atoms with Crippen LogP contribution in [0, 0.1) is 12.3 Å². The molecule has 142 valence electrons. The Hall–Kier alpha value is -2.77. The lowest BCUT2D eigenvalue weighted by atomic mass is 9.92. The Morgan fingerprint density at radius 2 is 1.69 bits per heavy atom. The molecule has 2 rings (SSSR count). The summed E-state index contributed by atoms with van der Waals surface area (Å²) in [7, 11) is 6.41. The standard InChI is InChI=1S/C18H26N4O4/c1-13-7-9-14(10-8-13)22-11-18(2,12-25-16(23)20(3)4)15(19-22)26-17(24)21(5)6/h7-10H,11-12H2,1-6H3. The van der Waals surface area contributed by atoms with Crippen molar-refractivity contribution in [2.75, 3.05) is 46.4 Å². The van der Waals surface area contributed by atoms with E-state index in [9.17, 15) is 9.59 Å². The second kappa shape index (κ2) is 7.63. The number of anilines is 1. The monoisotopic (exact) mass is 362 g/mol. The van der Waals surface area contributed by atoms with E-state index >= 15 is 0 Å². The van der Waals surface area contributed by atoms with Gasteiger partial charge in [0.15, 0.2) is 0 Å². The summed E-state index contributed by atoms with van der Waals surface area (Å²) in [5, 5.41) is 6.21. The van der Waals surface area contributed by atoms with Gasteiger partial charge < -0.3 is 19.3 Å². The zero-order chi connectivity index (χ0) is 19.5. The maximum atomic E-state index is 12.0. The minimum atomic E-state index is -0.748. The highest BCUT2D eigenvalue weighted by Crippen LogP contribution is 2.32. The Bertz CT molecular complexity index is 700. The molecule has 1 aliphatic heterocycles. The Labute approximate surface area is 153 Å². The van der Waals surface area contributed by atoms with Crippen LogP contribution in [0.3, 0.4) is 0 Å². The van der Waals surface area contributed by atoms with Crippen LogP contribution in [-0.4, -0.2) is 69.2 Å². The zero-order valence-electron chi connectivity index (χ0n) is 16.1. The number of aryl methyl sites for hydroxylation is 1. The van der Waals surface area contributed by atoms with Crippen molar-refractivity contribution in [2.45, 2.75) is 13.8 Å². The third-order valence-corrected chi connectivity index (χ3v) is 3.99. The van der Waals surface area contributed by atoms with Crippen LogP contribution in [0.2, 0.25) is 0 Å². The van der Waals surface area contributed by atoms with E-state index in [1.807, 2.05) is 38.1 Å². The van der Waals surface area contributed by atoms with Crippen LogP contribution in [0.25, 0.3) is 0 Å². The molecule has 1 heterocycles. The second-order valence-corrected chi connectivity index (χ2v) is 7.07. The smallest absolute Gasteiger partial charge is 0.415 e. The fraction of sp³-hybridized carbons (Fsp3) is 0.500. The third-order valence-electron chi connectivity index (χ3n) is 3.99. The van der Waals surface area contributed by atoms with E-state index < -0.39 is 17.6 Å². The quantitative estimate of drug-likeness (QED) is 0.826. The van der Waals surface area contributed by atoms with Gasteiger partial charge in [0.2, 0.25) is 5.90 Å². The number of carbonyl (C=O) groups is 2. The summed E-state index contributed by atoms with van der Waals surface area (Å²) in [6, 6.07) is 7.86. The first-order valence-corrected chi connectivity index (χ1v) is 8.29. The van der Waals surface area contributed by atoms with E-state index in [0.717, 1.165) is 11.3 Å². The van der Waals surface area contributed by atoms with Crippen LogP contribution >= 0.6 is 0 Å². The van der Waals surface area contributed by atoms with E-state index in [1.165, 1.54) is 9.80 Å². The van der Waals surface area contributed by atoms with Gasteiger partial charge in [-0.25, -0.2) is 9.59 Å². The van der Waals surface area contributed by atoms with Crippen LogP contribution in [0.4, 0.5) is 15.3 Å². The summed E-state index contributed by atoms with van der Waals surface area (Å²) in [6.45, 7) is 4.33. The Kier molecular flexibility index (Phi) is 5.74. The zero-order valence-corrected chi connectivity index (χ0v) is 16.1. The number of rotatable bonds is 3. The molecular formula is C18H26N4O4. The summed E-state index contributed by atoms with van der Waals surface area (Å²) >= 11 is 0. The van der Waals surface area contributed by atoms with Crippen LogP contribution in [0.15, 0.2) is 29.4 Å². The van der Waals surface area contributed by atoms with Gasteiger partial charge in [-0.05, 0) is 26.0 Å². The van der Waals surface area contributed by atoms with Crippen LogP contribution < -0.4 is 5.01 Å². The van der Waals surface area contributed by atoms with Gasteiger partial charge in [0, 0.05) is 28.2 Å². The molecule has 1 atom stereocenters. The molecule has 26 heavy (non-hydrogen) atoms. The molecule has 8 nitrogen and oxygen atoms in total. The van der Waals surface area contributed by atoms with Gasteiger partial charge >= 0.3 is 12.2 Å². The largest absolute Gasteiger partial charge is 0.448 e. The predicted octanol–water partition coefficient (Wildman–Crippen LogP) is 2.53.